The van der Waals surface area contributed by atoms with Gasteiger partial charge in [0.2, 0.25) is 5.82 Å². The molecule has 1 saturated carbocycles. The van der Waals surface area contributed by atoms with E-state index in [-0.39, 0.29) is 10.6 Å². The lowest BCUT2D eigenvalue weighted by Gasteiger charge is -2.35. The third kappa shape index (κ3) is 3.02. The Balaban J connectivity index is 2.26. The molecule has 1 fully saturated rings. The number of hydrogen-bond donors (Lipinski definition) is 1. The summed E-state index contributed by atoms with van der Waals surface area (Å²) in [5.74, 6) is 0.646. The average Bonchev–Trinajstić information content (AvgIpc) is 2.83. The molecule has 0 bridgehead atoms. The molecule has 2 rings (SSSR count). The highest BCUT2D eigenvalue weighted by atomic mass is 16.6. The Morgan fingerprint density at radius 2 is 2.05 bits per heavy atom. The summed E-state index contributed by atoms with van der Waals surface area (Å²) in [7, 11) is 3.95. The zero-order valence-electron chi connectivity index (χ0n) is 13.3. The normalized spacial score (nSPS) is 22.3. The van der Waals surface area contributed by atoms with Crippen molar-refractivity contribution in [1.82, 2.24) is 15.1 Å². The van der Waals surface area contributed by atoms with Gasteiger partial charge in [-0.1, -0.05) is 0 Å². The summed E-state index contributed by atoms with van der Waals surface area (Å²) in [6.45, 7) is 4.31. The van der Waals surface area contributed by atoms with Gasteiger partial charge in [0, 0.05) is 25.7 Å². The van der Waals surface area contributed by atoms with Gasteiger partial charge in [-0.05, 0) is 46.6 Å². The van der Waals surface area contributed by atoms with Gasteiger partial charge in [0.15, 0.2) is 0 Å². The van der Waals surface area contributed by atoms with Gasteiger partial charge in [0.1, 0.15) is 5.69 Å². The topological polar surface area (TPSA) is 76.2 Å². The predicted octanol–water partition coefficient (Wildman–Crippen LogP) is 2.09. The van der Waals surface area contributed by atoms with Crippen LogP contribution in [0.3, 0.4) is 0 Å². The highest BCUT2D eigenvalue weighted by molar-refractivity contribution is 5.61. The molecule has 0 aromatic carbocycles. The van der Waals surface area contributed by atoms with Crippen molar-refractivity contribution in [3.05, 3.63) is 15.8 Å². The summed E-state index contributed by atoms with van der Waals surface area (Å²) in [6.07, 6.45) is 4.32. The molecule has 1 aliphatic carbocycles. The molecule has 7 heteroatoms. The van der Waals surface area contributed by atoms with Gasteiger partial charge >= 0.3 is 5.69 Å². The van der Waals surface area contributed by atoms with Gasteiger partial charge in [-0.3, -0.25) is 10.1 Å². The number of hydrogen-bond acceptors (Lipinski definition) is 5. The van der Waals surface area contributed by atoms with Crippen LogP contribution >= 0.6 is 0 Å². The van der Waals surface area contributed by atoms with Gasteiger partial charge in [-0.15, -0.1) is 0 Å². The molecule has 0 unspecified atom stereocenters. The number of nitrogens with zero attached hydrogens (tertiary/aromatic N) is 4. The Morgan fingerprint density at radius 1 is 1.43 bits per heavy atom. The van der Waals surface area contributed by atoms with E-state index in [1.807, 2.05) is 21.0 Å². The van der Waals surface area contributed by atoms with Crippen LogP contribution in [-0.2, 0) is 6.54 Å². The van der Waals surface area contributed by atoms with E-state index in [0.717, 1.165) is 25.7 Å². The van der Waals surface area contributed by atoms with E-state index in [0.29, 0.717) is 30.1 Å². The summed E-state index contributed by atoms with van der Waals surface area (Å²) in [6, 6.07) is 0.914. The quantitative estimate of drug-likeness (QED) is 0.665. The van der Waals surface area contributed by atoms with Gasteiger partial charge in [0.25, 0.3) is 0 Å². The minimum absolute atomic E-state index is 0.148. The van der Waals surface area contributed by atoms with E-state index >= 15 is 0 Å². The van der Waals surface area contributed by atoms with Gasteiger partial charge in [-0.2, -0.15) is 5.10 Å². The summed E-state index contributed by atoms with van der Waals surface area (Å²) in [5.41, 5.74) is 0.641. The van der Waals surface area contributed by atoms with Crippen LogP contribution < -0.4 is 10.2 Å². The summed E-state index contributed by atoms with van der Waals surface area (Å²) in [4.78, 5) is 13.1. The van der Waals surface area contributed by atoms with Crippen molar-refractivity contribution >= 4 is 11.5 Å². The maximum Gasteiger partial charge on any atom is 0.333 e. The van der Waals surface area contributed by atoms with Gasteiger partial charge in [0.05, 0.1) is 4.92 Å². The van der Waals surface area contributed by atoms with Crippen LogP contribution in [0.1, 0.15) is 38.3 Å². The molecular formula is C14H25N5O2. The van der Waals surface area contributed by atoms with E-state index in [1.54, 1.807) is 11.6 Å². The van der Waals surface area contributed by atoms with Crippen molar-refractivity contribution in [2.45, 2.75) is 58.2 Å². The predicted molar refractivity (Wildman–Crippen MR) is 82.8 cm³/mol. The number of aromatic nitrogens is 2. The molecule has 0 radical (unpaired) electrons. The Morgan fingerprint density at radius 3 is 2.52 bits per heavy atom. The van der Waals surface area contributed by atoms with Crippen molar-refractivity contribution in [3.63, 3.8) is 0 Å². The number of nitrogens with one attached hydrogen (secondary N) is 1. The van der Waals surface area contributed by atoms with Crippen LogP contribution in [0.4, 0.5) is 11.5 Å². The first kappa shape index (κ1) is 15.8. The van der Waals surface area contributed by atoms with Crippen LogP contribution in [-0.4, -0.2) is 40.9 Å². The second-order valence-electron chi connectivity index (χ2n) is 5.74. The monoisotopic (exact) mass is 295 g/mol. The van der Waals surface area contributed by atoms with Crippen LogP contribution in [0.25, 0.3) is 0 Å². The summed E-state index contributed by atoms with van der Waals surface area (Å²) in [5, 5.41) is 19.0. The largest absolute Gasteiger partial charge is 0.351 e. The SMILES string of the molecule is CCn1nc(C)c([N+](=O)[O-])c1N(C)C1CCC(NC)CC1. The zero-order chi connectivity index (χ0) is 15.6. The molecular weight excluding hydrogens is 270 g/mol. The Bertz CT molecular complexity index is 506. The second-order valence-corrected chi connectivity index (χ2v) is 5.74. The van der Waals surface area contributed by atoms with Crippen molar-refractivity contribution in [1.29, 1.82) is 0 Å². The standard InChI is InChI=1S/C14H25N5O2/c1-5-18-14(13(19(20)21)10(2)16-18)17(4)12-8-6-11(15-3)7-9-12/h11-12,15H,5-9H2,1-4H3. The molecule has 1 aromatic heterocycles. The lowest BCUT2D eigenvalue weighted by molar-refractivity contribution is -0.384. The molecule has 21 heavy (non-hydrogen) atoms. The smallest absolute Gasteiger partial charge is 0.333 e. The van der Waals surface area contributed by atoms with Crippen LogP contribution in [0.5, 0.6) is 0 Å². The van der Waals surface area contributed by atoms with Crippen LogP contribution in [0.15, 0.2) is 0 Å². The fraction of sp³-hybridized carbons (Fsp3) is 0.786. The minimum Gasteiger partial charge on any atom is -0.351 e. The first-order valence-electron chi connectivity index (χ1n) is 7.61. The zero-order valence-corrected chi connectivity index (χ0v) is 13.3. The fourth-order valence-electron chi connectivity index (χ4n) is 3.27. The lowest BCUT2D eigenvalue weighted by Crippen LogP contribution is -2.40. The minimum atomic E-state index is -0.306. The lowest BCUT2D eigenvalue weighted by atomic mass is 9.90. The first-order valence-corrected chi connectivity index (χ1v) is 7.61. The number of nitro groups is 1. The van der Waals surface area contributed by atoms with E-state index in [4.69, 9.17) is 0 Å². The number of aryl methyl sites for hydroxylation is 2. The molecule has 0 amide bonds. The Hall–Kier alpha value is -1.63. The molecule has 0 atom stereocenters. The van der Waals surface area contributed by atoms with Crippen molar-refractivity contribution < 1.29 is 4.92 Å². The van der Waals surface area contributed by atoms with Crippen LogP contribution in [0, 0.1) is 17.0 Å². The highest BCUT2D eigenvalue weighted by Gasteiger charge is 2.32. The highest BCUT2D eigenvalue weighted by Crippen LogP contribution is 2.34. The number of rotatable bonds is 5. The van der Waals surface area contributed by atoms with E-state index in [2.05, 4.69) is 15.3 Å². The van der Waals surface area contributed by atoms with Gasteiger partial charge in [-0.25, -0.2) is 4.68 Å². The molecule has 0 aliphatic heterocycles. The fourth-order valence-corrected chi connectivity index (χ4v) is 3.27. The third-order valence-corrected chi connectivity index (χ3v) is 4.54. The summed E-state index contributed by atoms with van der Waals surface area (Å²) >= 11 is 0. The Kier molecular flexibility index (Phi) is 4.82. The Labute approximate surface area is 125 Å². The molecule has 1 heterocycles. The molecule has 0 spiro atoms. The number of anilines is 1. The van der Waals surface area contributed by atoms with Crippen molar-refractivity contribution in [2.75, 3.05) is 19.0 Å². The summed E-state index contributed by atoms with van der Waals surface area (Å²) < 4.78 is 1.75. The molecule has 1 aliphatic rings. The molecule has 7 nitrogen and oxygen atoms in total. The van der Waals surface area contributed by atoms with Crippen molar-refractivity contribution in [2.24, 2.45) is 0 Å². The maximum atomic E-state index is 11.4. The maximum absolute atomic E-state index is 11.4. The molecule has 1 aromatic rings. The van der Waals surface area contributed by atoms with Gasteiger partial charge < -0.3 is 10.2 Å². The van der Waals surface area contributed by atoms with E-state index < -0.39 is 0 Å². The average molecular weight is 295 g/mol. The van der Waals surface area contributed by atoms with Crippen molar-refractivity contribution in [3.8, 4) is 0 Å². The first-order chi connectivity index (χ1) is 9.99. The molecule has 0 saturated heterocycles. The van der Waals surface area contributed by atoms with E-state index in [9.17, 15) is 10.1 Å². The molecule has 118 valence electrons. The second kappa shape index (κ2) is 6.43. The van der Waals surface area contributed by atoms with E-state index in [1.165, 1.54) is 0 Å². The molecule has 1 N–H and O–H groups in total. The van der Waals surface area contributed by atoms with Crippen LogP contribution in [0.2, 0.25) is 0 Å². The third-order valence-electron chi connectivity index (χ3n) is 4.54.